The first-order valence-corrected chi connectivity index (χ1v) is 8.33. The minimum Gasteiger partial charge on any atom is -0.389 e. The summed E-state index contributed by atoms with van der Waals surface area (Å²) in [5, 5.41) is 11.0. The van der Waals surface area contributed by atoms with Crippen molar-refractivity contribution in [2.75, 3.05) is 0 Å². The third kappa shape index (κ3) is 4.85. The van der Waals surface area contributed by atoms with Crippen LogP contribution in [0, 0.1) is 0 Å². The van der Waals surface area contributed by atoms with Crippen molar-refractivity contribution in [3.63, 3.8) is 0 Å². The lowest BCUT2D eigenvalue weighted by Crippen LogP contribution is -2.05. The topological polar surface area (TPSA) is 54.4 Å². The number of benzene rings is 2. The minimum absolute atomic E-state index is 0.233. The van der Waals surface area contributed by atoms with Crippen LogP contribution in [0.2, 0.25) is 0 Å². The second-order valence-electron chi connectivity index (χ2n) is 4.78. The summed E-state index contributed by atoms with van der Waals surface area (Å²) in [5.41, 5.74) is 1.12. The van der Waals surface area contributed by atoms with E-state index in [2.05, 4.69) is 0 Å². The molecule has 0 bridgehead atoms. The van der Waals surface area contributed by atoms with E-state index in [0.29, 0.717) is 12.8 Å². The Balaban J connectivity index is 1.94. The molecule has 0 unspecified atom stereocenters. The maximum atomic E-state index is 12.0. The molecule has 0 aliphatic heterocycles. The molecule has 2 aromatic rings. The summed E-state index contributed by atoms with van der Waals surface area (Å²) in [6.45, 7) is 0. The summed E-state index contributed by atoms with van der Waals surface area (Å²) in [6.07, 6.45) is 1.76. The molecule has 110 valence electrons. The van der Waals surface area contributed by atoms with Gasteiger partial charge in [0.15, 0.2) is 9.84 Å². The molecule has 0 saturated heterocycles. The minimum atomic E-state index is -3.48. The van der Waals surface area contributed by atoms with Gasteiger partial charge >= 0.3 is 0 Å². The van der Waals surface area contributed by atoms with E-state index >= 15 is 0 Å². The summed E-state index contributed by atoms with van der Waals surface area (Å²) in [4.78, 5) is 0.233. The van der Waals surface area contributed by atoms with Gasteiger partial charge in [-0.05, 0) is 36.6 Å². The first kappa shape index (κ1) is 15.5. The number of aryl methyl sites for hydroxylation is 1. The van der Waals surface area contributed by atoms with E-state index in [4.69, 9.17) is 0 Å². The van der Waals surface area contributed by atoms with Crippen molar-refractivity contribution in [2.45, 2.75) is 23.8 Å². The van der Waals surface area contributed by atoms with Gasteiger partial charge < -0.3 is 5.11 Å². The van der Waals surface area contributed by atoms with Crippen molar-refractivity contribution in [3.8, 4) is 0 Å². The van der Waals surface area contributed by atoms with Crippen molar-refractivity contribution in [1.29, 1.82) is 0 Å². The number of rotatable bonds is 6. The summed E-state index contributed by atoms with van der Waals surface area (Å²) in [7, 11) is -3.48. The van der Waals surface area contributed by atoms with Gasteiger partial charge in [0, 0.05) is 5.41 Å². The maximum Gasteiger partial charge on any atom is 0.199 e. The Bertz CT molecular complexity index is 676. The zero-order valence-corrected chi connectivity index (χ0v) is 12.4. The fourth-order valence-corrected chi connectivity index (χ4v) is 3.02. The van der Waals surface area contributed by atoms with Gasteiger partial charge in [0.2, 0.25) is 0 Å². The highest BCUT2D eigenvalue weighted by Gasteiger charge is 2.10. The number of sulfone groups is 1. The van der Waals surface area contributed by atoms with Crippen LogP contribution in [0.4, 0.5) is 0 Å². The molecule has 21 heavy (non-hydrogen) atoms. The molecule has 2 aromatic carbocycles. The molecule has 2 rings (SSSR count). The Hall–Kier alpha value is -1.91. The first-order chi connectivity index (χ1) is 10.1. The molecule has 3 nitrogen and oxygen atoms in total. The number of aliphatic hydroxyl groups is 1. The molecule has 0 fully saturated rings. The Labute approximate surface area is 125 Å². The number of hydrogen-bond acceptors (Lipinski definition) is 3. The highest BCUT2D eigenvalue weighted by Crippen LogP contribution is 2.12. The quantitative estimate of drug-likeness (QED) is 0.892. The predicted molar refractivity (Wildman–Crippen MR) is 83.5 cm³/mol. The van der Waals surface area contributed by atoms with Gasteiger partial charge in [-0.3, -0.25) is 0 Å². The molecule has 0 aromatic heterocycles. The van der Waals surface area contributed by atoms with Crippen molar-refractivity contribution < 1.29 is 13.5 Å². The van der Waals surface area contributed by atoms with Crippen molar-refractivity contribution >= 4 is 9.84 Å². The summed E-state index contributed by atoms with van der Waals surface area (Å²) < 4.78 is 24.0. The first-order valence-electron chi connectivity index (χ1n) is 6.78. The number of aliphatic hydroxyl groups excluding tert-OH is 1. The van der Waals surface area contributed by atoms with E-state index in [1.54, 1.807) is 18.2 Å². The molecule has 0 radical (unpaired) electrons. The zero-order valence-electron chi connectivity index (χ0n) is 11.6. The highest BCUT2D eigenvalue weighted by atomic mass is 32.2. The van der Waals surface area contributed by atoms with Crippen LogP contribution in [-0.4, -0.2) is 19.6 Å². The van der Waals surface area contributed by atoms with Crippen LogP contribution in [0.15, 0.2) is 77.0 Å². The maximum absolute atomic E-state index is 12.0. The van der Waals surface area contributed by atoms with Crippen molar-refractivity contribution in [3.05, 3.63) is 77.7 Å². The molecule has 0 spiro atoms. The lowest BCUT2D eigenvalue weighted by atomic mass is 10.1. The molecule has 0 heterocycles. The van der Waals surface area contributed by atoms with Gasteiger partial charge in [-0.15, -0.1) is 0 Å². The summed E-state index contributed by atoms with van der Waals surface area (Å²) in [5.74, 6) is 0. The van der Waals surface area contributed by atoms with Gasteiger partial charge in [-0.1, -0.05) is 48.5 Å². The molecule has 0 aliphatic carbocycles. The smallest absolute Gasteiger partial charge is 0.199 e. The van der Waals surface area contributed by atoms with Gasteiger partial charge in [0.25, 0.3) is 0 Å². The summed E-state index contributed by atoms with van der Waals surface area (Å²) >= 11 is 0. The van der Waals surface area contributed by atoms with E-state index in [9.17, 15) is 13.5 Å². The Morgan fingerprint density at radius 1 is 0.952 bits per heavy atom. The van der Waals surface area contributed by atoms with E-state index in [1.165, 1.54) is 18.2 Å². The van der Waals surface area contributed by atoms with Crippen molar-refractivity contribution in [1.82, 2.24) is 0 Å². The third-order valence-electron chi connectivity index (χ3n) is 3.12. The van der Waals surface area contributed by atoms with Crippen LogP contribution in [-0.2, 0) is 16.3 Å². The van der Waals surface area contributed by atoms with Gasteiger partial charge in [0.05, 0.1) is 11.0 Å². The predicted octanol–water partition coefficient (Wildman–Crippen LogP) is 2.97. The Morgan fingerprint density at radius 2 is 1.52 bits per heavy atom. The molecular formula is C17H18O3S. The van der Waals surface area contributed by atoms with Crippen LogP contribution in [0.25, 0.3) is 0 Å². The van der Waals surface area contributed by atoms with Crippen LogP contribution < -0.4 is 0 Å². The van der Waals surface area contributed by atoms with Crippen LogP contribution in [0.3, 0.4) is 0 Å². The SMILES string of the molecule is O=S(=O)(/C=C/[C@H](O)CCc1ccccc1)c1ccccc1. The molecule has 1 N–H and O–H groups in total. The second-order valence-corrected chi connectivity index (χ2v) is 6.61. The van der Waals surface area contributed by atoms with E-state index in [1.807, 2.05) is 30.3 Å². The molecule has 0 saturated carbocycles. The average Bonchev–Trinajstić information content (AvgIpc) is 2.53. The van der Waals surface area contributed by atoms with Gasteiger partial charge in [0.1, 0.15) is 0 Å². The average molecular weight is 302 g/mol. The number of hydrogen-bond donors (Lipinski definition) is 1. The lowest BCUT2D eigenvalue weighted by molar-refractivity contribution is 0.213. The van der Waals surface area contributed by atoms with E-state index in [-0.39, 0.29) is 4.90 Å². The molecule has 1 atom stereocenters. The normalized spacial score (nSPS) is 13.4. The van der Waals surface area contributed by atoms with Crippen LogP contribution in [0.5, 0.6) is 0 Å². The fraction of sp³-hybridized carbons (Fsp3) is 0.176. The summed E-state index contributed by atoms with van der Waals surface area (Å²) in [6, 6.07) is 18.0. The standard InChI is InChI=1S/C17H18O3S/c18-16(12-11-15-7-3-1-4-8-15)13-14-21(19,20)17-9-5-2-6-10-17/h1-10,13-14,16,18H,11-12H2/b14-13+/t16-/m1/s1. The van der Waals surface area contributed by atoms with Gasteiger partial charge in [-0.25, -0.2) is 8.42 Å². The van der Waals surface area contributed by atoms with Crippen molar-refractivity contribution in [2.24, 2.45) is 0 Å². The van der Waals surface area contributed by atoms with E-state index < -0.39 is 15.9 Å². The fourth-order valence-electron chi connectivity index (χ4n) is 1.94. The lowest BCUT2D eigenvalue weighted by Gasteiger charge is -2.05. The molecule has 4 heteroatoms. The second kappa shape index (κ2) is 7.20. The largest absolute Gasteiger partial charge is 0.389 e. The van der Waals surface area contributed by atoms with Gasteiger partial charge in [-0.2, -0.15) is 0 Å². The Kier molecular flexibility index (Phi) is 5.31. The molecular weight excluding hydrogens is 284 g/mol. The Morgan fingerprint density at radius 3 is 2.14 bits per heavy atom. The monoisotopic (exact) mass is 302 g/mol. The highest BCUT2D eigenvalue weighted by molar-refractivity contribution is 7.94. The van der Waals surface area contributed by atoms with E-state index in [0.717, 1.165) is 11.0 Å². The third-order valence-corrected chi connectivity index (χ3v) is 4.57. The van der Waals surface area contributed by atoms with Crippen LogP contribution in [0.1, 0.15) is 12.0 Å². The molecule has 0 amide bonds. The zero-order chi connectivity index (χ0) is 15.1. The van der Waals surface area contributed by atoms with Crippen LogP contribution >= 0.6 is 0 Å². The molecule has 0 aliphatic rings.